The van der Waals surface area contributed by atoms with Gasteiger partial charge >= 0.3 is 0 Å². The Morgan fingerprint density at radius 1 is 1.04 bits per heavy atom. The third kappa shape index (κ3) is 3.59. The van der Waals surface area contributed by atoms with Gasteiger partial charge in [0.25, 0.3) is 0 Å². The molecule has 0 saturated carbocycles. The van der Waals surface area contributed by atoms with Crippen molar-refractivity contribution >= 4 is 5.91 Å². The molecule has 0 aliphatic carbocycles. The maximum atomic E-state index is 12.0. The summed E-state index contributed by atoms with van der Waals surface area (Å²) >= 11 is 0. The lowest BCUT2D eigenvalue weighted by molar-refractivity contribution is -0.130. The number of fused-ring (bicyclic) bond motifs is 1. The SMILES string of the molecule is Cc1cc(C)cc(CN2CC[C@H]3[C@@H]2CCN3CC(=O)N(C)C)c1. The van der Waals surface area contributed by atoms with Crippen LogP contribution in [-0.4, -0.2) is 66.4 Å². The van der Waals surface area contributed by atoms with Crippen molar-refractivity contribution in [1.82, 2.24) is 14.7 Å². The smallest absolute Gasteiger partial charge is 0.236 e. The first-order valence-electron chi connectivity index (χ1n) is 8.69. The molecule has 0 radical (unpaired) electrons. The summed E-state index contributed by atoms with van der Waals surface area (Å²) in [7, 11) is 3.69. The van der Waals surface area contributed by atoms with Crippen LogP contribution in [0, 0.1) is 13.8 Å². The summed E-state index contributed by atoms with van der Waals surface area (Å²) in [5, 5.41) is 0. The predicted octanol–water partition coefficient (Wildman–Crippen LogP) is 2.04. The first kappa shape index (κ1) is 16.5. The Hall–Kier alpha value is -1.39. The summed E-state index contributed by atoms with van der Waals surface area (Å²) in [6.07, 6.45) is 2.38. The van der Waals surface area contributed by atoms with Crippen molar-refractivity contribution in [2.24, 2.45) is 0 Å². The highest BCUT2D eigenvalue weighted by molar-refractivity contribution is 5.77. The Morgan fingerprint density at radius 2 is 1.61 bits per heavy atom. The molecule has 0 N–H and O–H groups in total. The molecule has 0 spiro atoms. The van der Waals surface area contributed by atoms with Gasteiger partial charge in [0.2, 0.25) is 5.91 Å². The van der Waals surface area contributed by atoms with Crippen LogP contribution in [-0.2, 0) is 11.3 Å². The summed E-state index contributed by atoms with van der Waals surface area (Å²) in [5.74, 6) is 0.221. The molecule has 2 atom stereocenters. The summed E-state index contributed by atoms with van der Waals surface area (Å²) in [6.45, 7) is 8.17. The Balaban J connectivity index is 1.64. The fraction of sp³-hybridized carbons (Fsp3) is 0.632. The molecule has 126 valence electrons. The molecule has 0 bridgehead atoms. The van der Waals surface area contributed by atoms with E-state index in [4.69, 9.17) is 0 Å². The van der Waals surface area contributed by atoms with Gasteiger partial charge in [-0.1, -0.05) is 29.3 Å². The number of hydrogen-bond donors (Lipinski definition) is 0. The van der Waals surface area contributed by atoms with Crippen LogP contribution >= 0.6 is 0 Å². The number of carbonyl (C=O) groups is 1. The Kier molecular flexibility index (Phi) is 4.74. The highest BCUT2D eigenvalue weighted by Gasteiger charge is 2.42. The van der Waals surface area contributed by atoms with Crippen molar-refractivity contribution < 1.29 is 4.79 Å². The first-order valence-corrected chi connectivity index (χ1v) is 8.69. The van der Waals surface area contributed by atoms with E-state index in [0.717, 1.165) is 19.6 Å². The molecule has 2 aliphatic rings. The Morgan fingerprint density at radius 3 is 2.22 bits per heavy atom. The molecule has 0 unspecified atom stereocenters. The van der Waals surface area contributed by atoms with E-state index in [0.29, 0.717) is 18.6 Å². The summed E-state index contributed by atoms with van der Waals surface area (Å²) < 4.78 is 0. The highest BCUT2D eigenvalue weighted by Crippen LogP contribution is 2.32. The second-order valence-electron chi connectivity index (χ2n) is 7.44. The normalized spacial score (nSPS) is 24.9. The molecular formula is C19H29N3O. The number of carbonyl (C=O) groups excluding carboxylic acids is 1. The number of hydrogen-bond acceptors (Lipinski definition) is 3. The Labute approximate surface area is 140 Å². The van der Waals surface area contributed by atoms with Crippen molar-refractivity contribution in [1.29, 1.82) is 0 Å². The van der Waals surface area contributed by atoms with Crippen LogP contribution in [0.15, 0.2) is 18.2 Å². The van der Waals surface area contributed by atoms with Crippen LogP contribution in [0.1, 0.15) is 29.5 Å². The van der Waals surface area contributed by atoms with E-state index >= 15 is 0 Å². The van der Waals surface area contributed by atoms with Crippen LogP contribution in [0.3, 0.4) is 0 Å². The van der Waals surface area contributed by atoms with Gasteiger partial charge in [0.05, 0.1) is 6.54 Å². The standard InChI is InChI=1S/C19H29N3O/c1-14-9-15(2)11-16(10-14)12-21-7-5-18-17(21)6-8-22(18)13-19(23)20(3)4/h9-11,17-18H,5-8,12-13H2,1-4H3/t17-,18-/m0/s1. The van der Waals surface area contributed by atoms with Crippen molar-refractivity contribution in [3.63, 3.8) is 0 Å². The van der Waals surface area contributed by atoms with Gasteiger partial charge in [-0.05, 0) is 32.3 Å². The lowest BCUT2D eigenvalue weighted by Crippen LogP contribution is -2.41. The minimum atomic E-state index is 0.221. The zero-order valence-electron chi connectivity index (χ0n) is 14.9. The second kappa shape index (κ2) is 6.62. The van der Waals surface area contributed by atoms with Crippen LogP contribution < -0.4 is 0 Å². The van der Waals surface area contributed by atoms with Crippen molar-refractivity contribution in [3.8, 4) is 0 Å². The van der Waals surface area contributed by atoms with Crippen LogP contribution in [0.4, 0.5) is 0 Å². The average Bonchev–Trinajstić information content (AvgIpc) is 3.02. The number of likely N-dealkylation sites (tertiary alicyclic amines) is 2. The number of nitrogens with zero attached hydrogens (tertiary/aromatic N) is 3. The third-order valence-electron chi connectivity index (χ3n) is 5.31. The van der Waals surface area contributed by atoms with Gasteiger partial charge in [0, 0.05) is 45.8 Å². The summed E-state index contributed by atoms with van der Waals surface area (Å²) in [6, 6.07) is 8.03. The molecule has 0 aromatic heterocycles. The number of amides is 1. The molecule has 2 fully saturated rings. The fourth-order valence-electron chi connectivity index (χ4n) is 4.27. The Bertz CT molecular complexity index is 564. The van der Waals surface area contributed by atoms with Gasteiger partial charge in [0.1, 0.15) is 0 Å². The largest absolute Gasteiger partial charge is 0.348 e. The predicted molar refractivity (Wildman–Crippen MR) is 93.4 cm³/mol. The van der Waals surface area contributed by atoms with E-state index in [-0.39, 0.29) is 5.91 Å². The topological polar surface area (TPSA) is 26.8 Å². The number of aryl methyl sites for hydroxylation is 2. The summed E-state index contributed by atoms with van der Waals surface area (Å²) in [4.78, 5) is 18.7. The van der Waals surface area contributed by atoms with Gasteiger partial charge in [-0.3, -0.25) is 14.6 Å². The lowest BCUT2D eigenvalue weighted by atomic mass is 10.1. The molecule has 2 saturated heterocycles. The van der Waals surface area contributed by atoms with Gasteiger partial charge in [-0.25, -0.2) is 0 Å². The van der Waals surface area contributed by atoms with E-state index in [2.05, 4.69) is 41.8 Å². The van der Waals surface area contributed by atoms with Gasteiger partial charge in [-0.2, -0.15) is 0 Å². The van der Waals surface area contributed by atoms with Gasteiger partial charge in [-0.15, -0.1) is 0 Å². The summed E-state index contributed by atoms with van der Waals surface area (Å²) in [5.41, 5.74) is 4.12. The molecule has 1 aromatic carbocycles. The minimum absolute atomic E-state index is 0.221. The van der Waals surface area contributed by atoms with Gasteiger partial charge < -0.3 is 4.90 Å². The maximum absolute atomic E-state index is 12.0. The molecule has 1 amide bonds. The van der Waals surface area contributed by atoms with E-state index in [1.165, 1.54) is 29.5 Å². The monoisotopic (exact) mass is 315 g/mol. The first-order chi connectivity index (χ1) is 10.9. The third-order valence-corrected chi connectivity index (χ3v) is 5.31. The molecular weight excluding hydrogens is 286 g/mol. The number of likely N-dealkylation sites (N-methyl/N-ethyl adjacent to an activating group) is 1. The van der Waals surface area contributed by atoms with Crippen molar-refractivity contribution in [2.45, 2.75) is 45.3 Å². The molecule has 2 heterocycles. The molecule has 4 heteroatoms. The quantitative estimate of drug-likeness (QED) is 0.851. The van der Waals surface area contributed by atoms with E-state index in [9.17, 15) is 4.79 Å². The average molecular weight is 315 g/mol. The number of benzene rings is 1. The maximum Gasteiger partial charge on any atom is 0.236 e. The van der Waals surface area contributed by atoms with Gasteiger partial charge in [0.15, 0.2) is 0 Å². The van der Waals surface area contributed by atoms with E-state index in [1.807, 2.05) is 14.1 Å². The second-order valence-corrected chi connectivity index (χ2v) is 7.44. The zero-order valence-corrected chi connectivity index (χ0v) is 14.9. The van der Waals surface area contributed by atoms with Crippen LogP contribution in [0.2, 0.25) is 0 Å². The highest BCUT2D eigenvalue weighted by atomic mass is 16.2. The molecule has 4 nitrogen and oxygen atoms in total. The van der Waals surface area contributed by atoms with Crippen LogP contribution in [0.5, 0.6) is 0 Å². The van der Waals surface area contributed by atoms with Crippen molar-refractivity contribution in [2.75, 3.05) is 33.7 Å². The minimum Gasteiger partial charge on any atom is -0.348 e. The fourth-order valence-corrected chi connectivity index (χ4v) is 4.27. The molecule has 1 aromatic rings. The van der Waals surface area contributed by atoms with E-state index in [1.54, 1.807) is 4.90 Å². The molecule has 3 rings (SSSR count). The number of rotatable bonds is 4. The lowest BCUT2D eigenvalue weighted by Gasteiger charge is -2.26. The van der Waals surface area contributed by atoms with Crippen molar-refractivity contribution in [3.05, 3.63) is 34.9 Å². The van der Waals surface area contributed by atoms with Crippen LogP contribution in [0.25, 0.3) is 0 Å². The molecule has 23 heavy (non-hydrogen) atoms. The zero-order chi connectivity index (χ0) is 16.6. The van der Waals surface area contributed by atoms with E-state index < -0.39 is 0 Å². The molecule has 2 aliphatic heterocycles.